The summed E-state index contributed by atoms with van der Waals surface area (Å²) in [5.74, 6) is 1.56. The molecule has 1 fully saturated rings. The highest BCUT2D eigenvalue weighted by Gasteiger charge is 2.42. The third kappa shape index (κ3) is 3.09. The first-order valence-electron chi connectivity index (χ1n) is 6.98. The van der Waals surface area contributed by atoms with Gasteiger partial charge in [-0.25, -0.2) is 0 Å². The summed E-state index contributed by atoms with van der Waals surface area (Å²) in [6.45, 7) is 2.14. The predicted octanol–water partition coefficient (Wildman–Crippen LogP) is 5.10. The van der Waals surface area contributed by atoms with Crippen LogP contribution in [0.15, 0.2) is 54.6 Å². The Labute approximate surface area is 124 Å². The molecule has 19 heavy (non-hydrogen) atoms. The quantitative estimate of drug-likeness (QED) is 0.688. The first-order chi connectivity index (χ1) is 9.24. The van der Waals surface area contributed by atoms with Crippen molar-refractivity contribution in [1.82, 2.24) is 0 Å². The van der Waals surface area contributed by atoms with Crippen LogP contribution in [0.3, 0.4) is 0 Å². The highest BCUT2D eigenvalue weighted by atomic mass is 79.9. The Morgan fingerprint density at radius 2 is 1.74 bits per heavy atom. The van der Waals surface area contributed by atoms with E-state index in [0.29, 0.717) is 4.83 Å². The summed E-state index contributed by atoms with van der Waals surface area (Å²) in [5, 5.41) is 0. The second kappa shape index (κ2) is 5.50. The molecule has 3 unspecified atom stereocenters. The van der Waals surface area contributed by atoms with E-state index in [9.17, 15) is 0 Å². The second-order valence-corrected chi connectivity index (χ2v) is 6.80. The van der Waals surface area contributed by atoms with Crippen molar-refractivity contribution >= 4 is 15.9 Å². The van der Waals surface area contributed by atoms with Crippen LogP contribution in [0, 0.1) is 12.8 Å². The van der Waals surface area contributed by atoms with E-state index in [4.69, 9.17) is 0 Å². The number of aryl methyl sites for hydroxylation is 1. The molecule has 0 aliphatic heterocycles. The van der Waals surface area contributed by atoms with Gasteiger partial charge in [0.1, 0.15) is 0 Å². The van der Waals surface area contributed by atoms with Crippen LogP contribution in [0.2, 0.25) is 0 Å². The Morgan fingerprint density at radius 3 is 2.42 bits per heavy atom. The van der Waals surface area contributed by atoms with Crippen molar-refractivity contribution in [2.45, 2.75) is 30.5 Å². The maximum Gasteiger partial charge on any atom is 0.0220 e. The maximum atomic E-state index is 3.90. The average Bonchev–Trinajstić information content (AvgIpc) is 3.23. The third-order valence-corrected chi connectivity index (χ3v) is 5.09. The molecular formula is C18H19Br. The zero-order valence-electron chi connectivity index (χ0n) is 11.2. The third-order valence-electron chi connectivity index (χ3n) is 4.08. The van der Waals surface area contributed by atoms with E-state index in [0.717, 1.165) is 18.3 Å². The van der Waals surface area contributed by atoms with Gasteiger partial charge in [-0.1, -0.05) is 76.1 Å². The fourth-order valence-corrected chi connectivity index (χ4v) is 3.76. The zero-order chi connectivity index (χ0) is 13.2. The van der Waals surface area contributed by atoms with E-state index in [1.165, 1.54) is 23.1 Å². The second-order valence-electron chi connectivity index (χ2n) is 5.62. The van der Waals surface area contributed by atoms with Gasteiger partial charge in [-0.05, 0) is 42.7 Å². The Morgan fingerprint density at radius 1 is 1.05 bits per heavy atom. The minimum Gasteiger partial charge on any atom is -0.0884 e. The number of rotatable bonds is 4. The van der Waals surface area contributed by atoms with Crippen LogP contribution in [0.5, 0.6) is 0 Å². The van der Waals surface area contributed by atoms with Crippen LogP contribution in [0.1, 0.15) is 29.0 Å². The fourth-order valence-electron chi connectivity index (χ4n) is 2.80. The summed E-state index contributed by atoms with van der Waals surface area (Å²) in [5.41, 5.74) is 4.27. The summed E-state index contributed by atoms with van der Waals surface area (Å²) in [7, 11) is 0. The van der Waals surface area contributed by atoms with E-state index >= 15 is 0 Å². The van der Waals surface area contributed by atoms with Gasteiger partial charge in [0.2, 0.25) is 0 Å². The van der Waals surface area contributed by atoms with Crippen LogP contribution in [-0.2, 0) is 6.42 Å². The van der Waals surface area contributed by atoms with Gasteiger partial charge < -0.3 is 0 Å². The Hall–Kier alpha value is -1.08. The first kappa shape index (κ1) is 12.9. The van der Waals surface area contributed by atoms with Crippen LogP contribution < -0.4 is 0 Å². The topological polar surface area (TPSA) is 0 Å². The largest absolute Gasteiger partial charge is 0.0884 e. The van der Waals surface area contributed by atoms with Crippen LogP contribution in [0.4, 0.5) is 0 Å². The molecule has 2 aromatic carbocycles. The molecule has 3 atom stereocenters. The van der Waals surface area contributed by atoms with Gasteiger partial charge in [0.05, 0.1) is 0 Å². The molecule has 0 radical (unpaired) electrons. The number of alkyl halides is 1. The first-order valence-corrected chi connectivity index (χ1v) is 7.90. The van der Waals surface area contributed by atoms with Crippen molar-refractivity contribution in [2.24, 2.45) is 5.92 Å². The number of benzene rings is 2. The van der Waals surface area contributed by atoms with Gasteiger partial charge in [-0.15, -0.1) is 0 Å². The van der Waals surface area contributed by atoms with Gasteiger partial charge in [0.15, 0.2) is 0 Å². The maximum absolute atomic E-state index is 3.90. The summed E-state index contributed by atoms with van der Waals surface area (Å²) in [6, 6.07) is 19.8. The Bertz CT molecular complexity index is 529. The van der Waals surface area contributed by atoms with Gasteiger partial charge >= 0.3 is 0 Å². The van der Waals surface area contributed by atoms with Crippen molar-refractivity contribution in [2.75, 3.05) is 0 Å². The summed E-state index contributed by atoms with van der Waals surface area (Å²) >= 11 is 3.90. The molecule has 0 nitrogen and oxygen atoms in total. The van der Waals surface area contributed by atoms with Gasteiger partial charge in [0, 0.05) is 4.83 Å². The lowest BCUT2D eigenvalue weighted by Crippen LogP contribution is -2.06. The Balaban J connectivity index is 1.61. The number of halogens is 1. The van der Waals surface area contributed by atoms with E-state index in [2.05, 4.69) is 77.5 Å². The van der Waals surface area contributed by atoms with E-state index in [-0.39, 0.29) is 0 Å². The zero-order valence-corrected chi connectivity index (χ0v) is 12.8. The summed E-state index contributed by atoms with van der Waals surface area (Å²) < 4.78 is 0. The molecule has 1 saturated carbocycles. The summed E-state index contributed by atoms with van der Waals surface area (Å²) in [6.07, 6.45) is 2.46. The van der Waals surface area contributed by atoms with Crippen molar-refractivity contribution in [3.05, 3.63) is 71.3 Å². The number of hydrogen-bond acceptors (Lipinski definition) is 0. The molecular weight excluding hydrogens is 296 g/mol. The highest BCUT2D eigenvalue weighted by molar-refractivity contribution is 9.09. The minimum atomic E-state index is 0.598. The van der Waals surface area contributed by atoms with E-state index in [1.54, 1.807) is 0 Å². The number of hydrogen-bond donors (Lipinski definition) is 0. The van der Waals surface area contributed by atoms with Crippen molar-refractivity contribution < 1.29 is 0 Å². The molecule has 0 saturated heterocycles. The molecule has 98 valence electrons. The lowest BCUT2D eigenvalue weighted by molar-refractivity contribution is 0.735. The molecule has 1 heteroatoms. The van der Waals surface area contributed by atoms with E-state index in [1.807, 2.05) is 0 Å². The van der Waals surface area contributed by atoms with Gasteiger partial charge in [-0.2, -0.15) is 0 Å². The Kier molecular flexibility index (Phi) is 3.74. The molecule has 1 aliphatic rings. The highest BCUT2D eigenvalue weighted by Crippen LogP contribution is 2.52. The van der Waals surface area contributed by atoms with Crippen molar-refractivity contribution in [1.29, 1.82) is 0 Å². The molecule has 0 N–H and O–H groups in total. The van der Waals surface area contributed by atoms with Gasteiger partial charge in [0.25, 0.3) is 0 Å². The molecule has 0 bridgehead atoms. The van der Waals surface area contributed by atoms with Gasteiger partial charge in [-0.3, -0.25) is 0 Å². The fraction of sp³-hybridized carbons (Fsp3) is 0.333. The molecule has 0 spiro atoms. The standard InChI is InChI=1S/C18H19Br/c1-13-7-9-14(10-8-13)11-18(19)17-12-16(17)15-5-3-2-4-6-15/h2-10,16-18H,11-12H2,1H3. The lowest BCUT2D eigenvalue weighted by atomic mass is 10.0. The molecule has 1 aliphatic carbocycles. The van der Waals surface area contributed by atoms with Crippen molar-refractivity contribution in [3.8, 4) is 0 Å². The molecule has 0 aromatic heterocycles. The monoisotopic (exact) mass is 314 g/mol. The molecule has 3 rings (SSSR count). The average molecular weight is 315 g/mol. The SMILES string of the molecule is Cc1ccc(CC(Br)C2CC2c2ccccc2)cc1. The van der Waals surface area contributed by atoms with Crippen LogP contribution in [-0.4, -0.2) is 4.83 Å². The predicted molar refractivity (Wildman–Crippen MR) is 84.9 cm³/mol. The van der Waals surface area contributed by atoms with Crippen LogP contribution >= 0.6 is 15.9 Å². The normalized spacial score (nSPS) is 23.1. The summed E-state index contributed by atoms with van der Waals surface area (Å²) in [4.78, 5) is 0.598. The van der Waals surface area contributed by atoms with E-state index < -0.39 is 0 Å². The minimum absolute atomic E-state index is 0.598. The van der Waals surface area contributed by atoms with Crippen LogP contribution in [0.25, 0.3) is 0 Å². The van der Waals surface area contributed by atoms with Crippen molar-refractivity contribution in [3.63, 3.8) is 0 Å². The smallest absolute Gasteiger partial charge is 0.0220 e. The lowest BCUT2D eigenvalue weighted by Gasteiger charge is -2.10. The molecule has 0 heterocycles. The molecule has 2 aromatic rings. The molecule has 0 amide bonds.